The van der Waals surface area contributed by atoms with E-state index in [1.54, 1.807) is 6.07 Å². The monoisotopic (exact) mass is 529 g/mol. The molecule has 1 unspecified atom stereocenters. The lowest BCUT2D eigenvalue weighted by atomic mass is 9.90. The fraction of sp³-hybridized carbons (Fsp3) is 0.312. The van der Waals surface area contributed by atoms with Crippen LogP contribution in [0.4, 0.5) is 13.2 Å². The molecule has 0 bridgehead atoms. The Bertz CT molecular complexity index is 1550. The van der Waals surface area contributed by atoms with Crippen molar-refractivity contribution in [3.63, 3.8) is 0 Å². The summed E-state index contributed by atoms with van der Waals surface area (Å²) in [5.41, 5.74) is 5.05. The fourth-order valence-electron chi connectivity index (χ4n) is 6.35. The molecule has 3 aromatic carbocycles. The summed E-state index contributed by atoms with van der Waals surface area (Å²) < 4.78 is 44.4. The second kappa shape index (κ2) is 10.4. The zero-order chi connectivity index (χ0) is 27.1. The molecule has 1 heterocycles. The molecular formula is C32H30F3N3O. The van der Waals surface area contributed by atoms with E-state index in [2.05, 4.69) is 18.3 Å². The number of nitrogens with one attached hydrogen (secondary N) is 1. The number of hydrogen-bond donors (Lipinski definition) is 1. The summed E-state index contributed by atoms with van der Waals surface area (Å²) in [5, 5.41) is 7.91. The largest absolute Gasteiger partial charge is 0.344 e. The Hall–Kier alpha value is -3.87. The summed E-state index contributed by atoms with van der Waals surface area (Å²) in [6.07, 6.45) is 4.57. The van der Waals surface area contributed by atoms with E-state index >= 15 is 4.39 Å². The van der Waals surface area contributed by atoms with Crippen molar-refractivity contribution in [3.05, 3.63) is 118 Å². The summed E-state index contributed by atoms with van der Waals surface area (Å²) in [7, 11) is 0. The standard InChI is InChI=1S/C32H30F3N3O/c1-19-15-21-8-2-4-11-25(21)29(19)36-32(39)30-26-12-5-3-9-22(16-20-7-6-10-23(33)17-20)31(26)38(37-30)28-14-13-24(34)18-27(28)35/h2,4,6-8,10-11,13-14,17-19,22,29H,3,5,9,12,15-16H2,1H3,(H,36,39)/t19-,22?,29-/m0/s1. The molecule has 39 heavy (non-hydrogen) atoms. The van der Waals surface area contributed by atoms with Crippen LogP contribution in [0.15, 0.2) is 66.7 Å². The van der Waals surface area contributed by atoms with Gasteiger partial charge in [-0.3, -0.25) is 4.79 Å². The van der Waals surface area contributed by atoms with E-state index in [9.17, 15) is 13.6 Å². The van der Waals surface area contributed by atoms with Crippen molar-refractivity contribution in [3.8, 4) is 5.69 Å². The van der Waals surface area contributed by atoms with Crippen LogP contribution < -0.4 is 5.32 Å². The maximum Gasteiger partial charge on any atom is 0.272 e. The summed E-state index contributed by atoms with van der Waals surface area (Å²) in [5.74, 6) is -1.94. The normalized spacial score (nSPS) is 20.3. The second-order valence-electron chi connectivity index (χ2n) is 10.8. The minimum absolute atomic E-state index is 0.0948. The zero-order valence-electron chi connectivity index (χ0n) is 21.8. The highest BCUT2D eigenvalue weighted by Crippen LogP contribution is 2.39. The highest BCUT2D eigenvalue weighted by atomic mass is 19.1. The minimum atomic E-state index is -0.751. The number of carbonyl (C=O) groups is 1. The van der Waals surface area contributed by atoms with Crippen molar-refractivity contribution >= 4 is 5.91 Å². The third-order valence-corrected chi connectivity index (χ3v) is 8.15. The molecule has 0 aliphatic heterocycles. The van der Waals surface area contributed by atoms with Gasteiger partial charge in [-0.05, 0) is 79.0 Å². The number of rotatable bonds is 5. The van der Waals surface area contributed by atoms with Crippen molar-refractivity contribution < 1.29 is 18.0 Å². The summed E-state index contributed by atoms with van der Waals surface area (Å²) in [4.78, 5) is 13.8. The number of benzene rings is 3. The van der Waals surface area contributed by atoms with Crippen molar-refractivity contribution in [1.82, 2.24) is 15.1 Å². The fourth-order valence-corrected chi connectivity index (χ4v) is 6.35. The molecule has 1 aromatic heterocycles. The number of hydrogen-bond acceptors (Lipinski definition) is 2. The SMILES string of the molecule is C[C@H]1Cc2ccccc2[C@H]1NC(=O)c1nn(-c2ccc(F)cc2F)c2c1CCCCC2Cc1cccc(F)c1. The van der Waals surface area contributed by atoms with Crippen LogP contribution in [-0.2, 0) is 19.3 Å². The predicted octanol–water partition coefficient (Wildman–Crippen LogP) is 7.01. The average Bonchev–Trinajstić information content (AvgIpc) is 3.35. The van der Waals surface area contributed by atoms with Crippen molar-refractivity contribution in [1.29, 1.82) is 0 Å². The van der Waals surface area contributed by atoms with E-state index < -0.39 is 11.6 Å². The Labute approximate surface area is 225 Å². The van der Waals surface area contributed by atoms with Crippen LogP contribution in [0.2, 0.25) is 0 Å². The summed E-state index contributed by atoms with van der Waals surface area (Å²) in [6.45, 7) is 2.12. The van der Waals surface area contributed by atoms with Gasteiger partial charge in [0.15, 0.2) is 11.5 Å². The molecule has 4 nitrogen and oxygen atoms in total. The van der Waals surface area contributed by atoms with Gasteiger partial charge in [0.25, 0.3) is 5.91 Å². The number of amides is 1. The third kappa shape index (κ3) is 4.86. The Kier molecular flexibility index (Phi) is 6.75. The Morgan fingerprint density at radius 1 is 1.00 bits per heavy atom. The maximum atomic E-state index is 15.1. The van der Waals surface area contributed by atoms with Crippen molar-refractivity contribution in [2.75, 3.05) is 0 Å². The van der Waals surface area contributed by atoms with Gasteiger partial charge in [0.05, 0.1) is 11.7 Å². The summed E-state index contributed by atoms with van der Waals surface area (Å²) in [6, 6.07) is 17.8. The van der Waals surface area contributed by atoms with Crippen LogP contribution in [0.3, 0.4) is 0 Å². The zero-order valence-corrected chi connectivity index (χ0v) is 21.8. The van der Waals surface area contributed by atoms with Gasteiger partial charge in [-0.2, -0.15) is 5.10 Å². The van der Waals surface area contributed by atoms with Crippen LogP contribution >= 0.6 is 0 Å². The Balaban J connectivity index is 1.44. The van der Waals surface area contributed by atoms with E-state index in [4.69, 9.17) is 5.10 Å². The lowest BCUT2D eigenvalue weighted by molar-refractivity contribution is 0.0920. The number of aromatic nitrogens is 2. The van der Waals surface area contributed by atoms with Gasteiger partial charge in [-0.1, -0.05) is 49.7 Å². The molecule has 4 aromatic rings. The first kappa shape index (κ1) is 25.4. The Morgan fingerprint density at radius 2 is 1.82 bits per heavy atom. The number of fused-ring (bicyclic) bond motifs is 2. The van der Waals surface area contributed by atoms with E-state index in [1.165, 1.54) is 34.5 Å². The first-order valence-corrected chi connectivity index (χ1v) is 13.6. The third-order valence-electron chi connectivity index (χ3n) is 8.15. The molecule has 1 N–H and O–H groups in total. The molecule has 6 rings (SSSR count). The molecule has 0 radical (unpaired) electrons. The lowest BCUT2D eigenvalue weighted by Crippen LogP contribution is -2.31. The van der Waals surface area contributed by atoms with E-state index in [0.717, 1.165) is 54.1 Å². The van der Waals surface area contributed by atoms with Crippen LogP contribution in [-0.4, -0.2) is 15.7 Å². The van der Waals surface area contributed by atoms with Gasteiger partial charge >= 0.3 is 0 Å². The van der Waals surface area contributed by atoms with Gasteiger partial charge < -0.3 is 5.32 Å². The van der Waals surface area contributed by atoms with Crippen LogP contribution in [0, 0.1) is 23.4 Å². The predicted molar refractivity (Wildman–Crippen MR) is 143 cm³/mol. The van der Waals surface area contributed by atoms with Gasteiger partial charge in [0.1, 0.15) is 17.3 Å². The number of halogens is 3. The first-order valence-electron chi connectivity index (χ1n) is 13.6. The van der Waals surface area contributed by atoms with Crippen molar-refractivity contribution in [2.24, 2.45) is 5.92 Å². The smallest absolute Gasteiger partial charge is 0.272 e. The van der Waals surface area contributed by atoms with E-state index in [1.807, 2.05) is 24.3 Å². The van der Waals surface area contributed by atoms with Gasteiger partial charge in [-0.25, -0.2) is 17.9 Å². The molecule has 2 aliphatic carbocycles. The molecule has 0 fully saturated rings. The molecule has 3 atom stereocenters. The molecular weight excluding hydrogens is 499 g/mol. The molecule has 7 heteroatoms. The molecule has 0 spiro atoms. The minimum Gasteiger partial charge on any atom is -0.344 e. The quantitative estimate of drug-likeness (QED) is 0.283. The van der Waals surface area contributed by atoms with E-state index in [0.29, 0.717) is 12.8 Å². The molecule has 1 amide bonds. The number of nitrogens with zero attached hydrogens (tertiary/aromatic N) is 2. The van der Waals surface area contributed by atoms with E-state index in [-0.39, 0.29) is 41.0 Å². The Morgan fingerprint density at radius 3 is 2.64 bits per heavy atom. The maximum absolute atomic E-state index is 15.1. The van der Waals surface area contributed by atoms with Crippen LogP contribution in [0.25, 0.3) is 5.69 Å². The second-order valence-corrected chi connectivity index (χ2v) is 10.8. The highest BCUT2D eigenvalue weighted by Gasteiger charge is 2.35. The molecule has 0 saturated carbocycles. The first-order chi connectivity index (χ1) is 18.9. The van der Waals surface area contributed by atoms with Crippen LogP contribution in [0.5, 0.6) is 0 Å². The topological polar surface area (TPSA) is 46.9 Å². The molecule has 200 valence electrons. The van der Waals surface area contributed by atoms with Gasteiger partial charge in [0, 0.05) is 17.5 Å². The molecule has 2 aliphatic rings. The van der Waals surface area contributed by atoms with Gasteiger partial charge in [-0.15, -0.1) is 0 Å². The van der Waals surface area contributed by atoms with Gasteiger partial charge in [0.2, 0.25) is 0 Å². The molecule has 0 saturated heterocycles. The summed E-state index contributed by atoms with van der Waals surface area (Å²) >= 11 is 0. The van der Waals surface area contributed by atoms with Crippen LogP contribution in [0.1, 0.15) is 76.6 Å². The number of carbonyl (C=O) groups excluding carboxylic acids is 1. The average molecular weight is 530 g/mol. The highest BCUT2D eigenvalue weighted by molar-refractivity contribution is 5.94. The van der Waals surface area contributed by atoms with Crippen molar-refractivity contribution in [2.45, 2.75) is 57.4 Å². The lowest BCUT2D eigenvalue weighted by Gasteiger charge is -2.19.